The molecule has 0 radical (unpaired) electrons. The van der Waals surface area contributed by atoms with Crippen molar-refractivity contribution in [3.8, 4) is 10.6 Å². The second-order valence-electron chi connectivity index (χ2n) is 5.56. The van der Waals surface area contributed by atoms with Crippen molar-refractivity contribution in [3.05, 3.63) is 35.9 Å². The zero-order chi connectivity index (χ0) is 14.9. The molecule has 3 aromatic rings. The van der Waals surface area contributed by atoms with Crippen LogP contribution >= 0.6 is 11.3 Å². The molecule has 1 aliphatic heterocycles. The van der Waals surface area contributed by atoms with E-state index in [9.17, 15) is 4.39 Å². The van der Waals surface area contributed by atoms with Crippen molar-refractivity contribution in [3.63, 3.8) is 0 Å². The number of fused-ring (bicyclic) bond motifs is 1. The van der Waals surface area contributed by atoms with Crippen LogP contribution in [-0.4, -0.2) is 37.8 Å². The summed E-state index contributed by atoms with van der Waals surface area (Å²) in [6, 6.07) is 6.49. The monoisotopic (exact) mass is 317 g/mol. The Morgan fingerprint density at radius 2 is 2.00 bits per heavy atom. The third-order valence-corrected chi connectivity index (χ3v) is 4.89. The lowest BCUT2D eigenvalue weighted by atomic mass is 10.1. The first-order valence-corrected chi connectivity index (χ1v) is 8.31. The van der Waals surface area contributed by atoms with Crippen molar-refractivity contribution in [1.29, 1.82) is 0 Å². The Bertz CT molecular complexity index is 790. The van der Waals surface area contributed by atoms with Crippen LogP contribution in [-0.2, 0) is 6.54 Å². The maximum Gasteiger partial charge on any atom is 0.235 e. The van der Waals surface area contributed by atoms with Gasteiger partial charge in [-0.25, -0.2) is 4.39 Å². The summed E-state index contributed by atoms with van der Waals surface area (Å²) in [6.07, 6.45) is 3.80. The third-order valence-electron chi connectivity index (χ3n) is 3.94. The van der Waals surface area contributed by atoms with Crippen molar-refractivity contribution < 1.29 is 4.39 Å². The summed E-state index contributed by atoms with van der Waals surface area (Å²) in [4.78, 5) is 3.15. The highest BCUT2D eigenvalue weighted by molar-refractivity contribution is 7.19. The molecule has 4 rings (SSSR count). The van der Waals surface area contributed by atoms with Gasteiger partial charge in [-0.1, -0.05) is 29.9 Å². The van der Waals surface area contributed by atoms with Gasteiger partial charge < -0.3 is 0 Å². The minimum absolute atomic E-state index is 0.253. The minimum Gasteiger partial charge on any atom is -0.296 e. The van der Waals surface area contributed by atoms with Gasteiger partial charge in [0, 0.05) is 5.56 Å². The lowest BCUT2D eigenvalue weighted by Crippen LogP contribution is -2.30. The second-order valence-corrected chi connectivity index (χ2v) is 6.52. The van der Waals surface area contributed by atoms with E-state index >= 15 is 0 Å². The maximum absolute atomic E-state index is 13.4. The fraction of sp³-hybridized carbons (Fsp3) is 0.400. The van der Waals surface area contributed by atoms with Crippen molar-refractivity contribution in [2.75, 3.05) is 13.1 Å². The molecule has 0 saturated carbocycles. The first kappa shape index (κ1) is 13.8. The molecule has 1 aromatic carbocycles. The molecule has 3 heterocycles. The van der Waals surface area contributed by atoms with E-state index < -0.39 is 0 Å². The smallest absolute Gasteiger partial charge is 0.235 e. The quantitative estimate of drug-likeness (QED) is 0.745. The van der Waals surface area contributed by atoms with E-state index in [4.69, 9.17) is 0 Å². The molecule has 114 valence electrons. The lowest BCUT2D eigenvalue weighted by Gasteiger charge is -2.25. The molecular formula is C15H16FN5S. The number of aromatic nitrogens is 4. The number of hydrogen-bond donors (Lipinski definition) is 0. The van der Waals surface area contributed by atoms with Crippen molar-refractivity contribution in [2.24, 2.45) is 0 Å². The van der Waals surface area contributed by atoms with Crippen LogP contribution in [0.15, 0.2) is 24.3 Å². The van der Waals surface area contributed by atoms with Gasteiger partial charge in [-0.05, 0) is 38.1 Å². The van der Waals surface area contributed by atoms with Gasteiger partial charge in [-0.3, -0.25) is 4.90 Å². The second kappa shape index (κ2) is 5.73. The molecule has 0 amide bonds. The molecule has 7 heteroatoms. The largest absolute Gasteiger partial charge is 0.296 e. The van der Waals surface area contributed by atoms with E-state index in [1.54, 1.807) is 10.6 Å². The summed E-state index contributed by atoms with van der Waals surface area (Å²) < 4.78 is 15.1. The molecule has 0 atom stereocenters. The van der Waals surface area contributed by atoms with E-state index in [0.29, 0.717) is 0 Å². The standard InChI is InChI=1S/C15H16FN5S/c16-12-6-4-5-11(9-12)14-19-21-13(17-18-15(21)22-14)10-20-7-2-1-3-8-20/h4-6,9H,1-3,7-8,10H2. The molecule has 0 unspecified atom stereocenters. The predicted octanol–water partition coefficient (Wildman–Crippen LogP) is 2.98. The molecule has 0 bridgehead atoms. The van der Waals surface area contributed by atoms with E-state index in [2.05, 4.69) is 20.2 Å². The van der Waals surface area contributed by atoms with Crippen LogP contribution in [0.2, 0.25) is 0 Å². The van der Waals surface area contributed by atoms with E-state index in [1.165, 1.54) is 42.7 Å². The summed E-state index contributed by atoms with van der Waals surface area (Å²) in [6.45, 7) is 2.99. The average molecular weight is 317 g/mol. The minimum atomic E-state index is -0.253. The number of piperidine rings is 1. The van der Waals surface area contributed by atoms with Crippen LogP contribution in [0.3, 0.4) is 0 Å². The van der Waals surface area contributed by atoms with Crippen molar-refractivity contribution >= 4 is 16.3 Å². The van der Waals surface area contributed by atoms with E-state index in [0.717, 1.165) is 41.0 Å². The molecule has 1 fully saturated rings. The summed E-state index contributed by atoms with van der Waals surface area (Å²) in [5, 5.41) is 13.8. The maximum atomic E-state index is 13.4. The molecule has 2 aromatic heterocycles. The van der Waals surface area contributed by atoms with Crippen LogP contribution < -0.4 is 0 Å². The highest BCUT2D eigenvalue weighted by Crippen LogP contribution is 2.26. The molecule has 1 aliphatic rings. The molecule has 0 N–H and O–H groups in total. The highest BCUT2D eigenvalue weighted by Gasteiger charge is 2.17. The predicted molar refractivity (Wildman–Crippen MR) is 83.2 cm³/mol. The fourth-order valence-corrected chi connectivity index (χ4v) is 3.67. The lowest BCUT2D eigenvalue weighted by molar-refractivity contribution is 0.214. The van der Waals surface area contributed by atoms with Gasteiger partial charge in [-0.15, -0.1) is 10.2 Å². The number of likely N-dealkylation sites (tertiary alicyclic amines) is 1. The van der Waals surface area contributed by atoms with Crippen molar-refractivity contribution in [1.82, 2.24) is 24.7 Å². The number of hydrogen-bond acceptors (Lipinski definition) is 5. The van der Waals surface area contributed by atoms with Gasteiger partial charge in [0.1, 0.15) is 10.8 Å². The number of nitrogens with zero attached hydrogens (tertiary/aromatic N) is 5. The van der Waals surface area contributed by atoms with Gasteiger partial charge in [0.25, 0.3) is 0 Å². The Hall–Kier alpha value is -1.86. The zero-order valence-corrected chi connectivity index (χ0v) is 12.9. The van der Waals surface area contributed by atoms with Gasteiger partial charge in [0.05, 0.1) is 6.54 Å². The molecule has 0 spiro atoms. The van der Waals surface area contributed by atoms with Crippen LogP contribution in [0.4, 0.5) is 4.39 Å². The summed E-state index contributed by atoms with van der Waals surface area (Å²) >= 11 is 1.43. The summed E-state index contributed by atoms with van der Waals surface area (Å²) in [5.74, 6) is 0.604. The van der Waals surface area contributed by atoms with Gasteiger partial charge >= 0.3 is 0 Å². The number of rotatable bonds is 3. The normalized spacial score (nSPS) is 16.4. The third kappa shape index (κ3) is 2.62. The summed E-state index contributed by atoms with van der Waals surface area (Å²) in [5.41, 5.74) is 0.777. The molecular weight excluding hydrogens is 301 g/mol. The highest BCUT2D eigenvalue weighted by atomic mass is 32.1. The van der Waals surface area contributed by atoms with Crippen LogP contribution in [0.25, 0.3) is 15.5 Å². The molecule has 1 saturated heterocycles. The first-order valence-electron chi connectivity index (χ1n) is 7.49. The van der Waals surface area contributed by atoms with Crippen molar-refractivity contribution in [2.45, 2.75) is 25.8 Å². The Morgan fingerprint density at radius 3 is 2.82 bits per heavy atom. The van der Waals surface area contributed by atoms with Crippen LogP contribution in [0, 0.1) is 5.82 Å². The average Bonchev–Trinajstić information content (AvgIpc) is 3.11. The molecule has 22 heavy (non-hydrogen) atoms. The SMILES string of the molecule is Fc1cccc(-c2nn3c(CN4CCCCC4)nnc3s2)c1. The van der Waals surface area contributed by atoms with Crippen LogP contribution in [0.1, 0.15) is 25.1 Å². The Balaban J connectivity index is 1.64. The topological polar surface area (TPSA) is 46.3 Å². The Morgan fingerprint density at radius 1 is 1.14 bits per heavy atom. The van der Waals surface area contributed by atoms with E-state index in [-0.39, 0.29) is 5.82 Å². The van der Waals surface area contributed by atoms with Gasteiger partial charge in [0.15, 0.2) is 5.82 Å². The molecule has 0 aliphatic carbocycles. The Labute approximate surface area is 131 Å². The number of halogens is 1. The zero-order valence-electron chi connectivity index (χ0n) is 12.1. The van der Waals surface area contributed by atoms with Gasteiger partial charge in [0.2, 0.25) is 4.96 Å². The van der Waals surface area contributed by atoms with Gasteiger partial charge in [-0.2, -0.15) is 9.61 Å². The Kier molecular flexibility index (Phi) is 3.59. The molecule has 5 nitrogen and oxygen atoms in total. The van der Waals surface area contributed by atoms with E-state index in [1.807, 2.05) is 6.07 Å². The fourth-order valence-electron chi connectivity index (χ4n) is 2.81. The summed E-state index contributed by atoms with van der Waals surface area (Å²) in [7, 11) is 0. The van der Waals surface area contributed by atoms with Crippen LogP contribution in [0.5, 0.6) is 0 Å². The number of benzene rings is 1. The first-order chi connectivity index (χ1) is 10.8.